The fourth-order valence-electron chi connectivity index (χ4n) is 4.99. The number of nitrogens with zero attached hydrogens (tertiary/aromatic N) is 2. The van der Waals surface area contributed by atoms with E-state index in [2.05, 4.69) is 12.1 Å². The Hall–Kier alpha value is -2.73. The molecule has 0 spiro atoms. The molecule has 0 saturated carbocycles. The van der Waals surface area contributed by atoms with E-state index >= 15 is 0 Å². The number of carbonyl (C=O) groups excluding carboxylic acids is 2. The highest BCUT2D eigenvalue weighted by Crippen LogP contribution is 2.44. The summed E-state index contributed by atoms with van der Waals surface area (Å²) in [5.41, 5.74) is 3.22. The Morgan fingerprint density at radius 3 is 2.70 bits per heavy atom. The third kappa shape index (κ3) is 3.29. The summed E-state index contributed by atoms with van der Waals surface area (Å²) in [5.74, 6) is 0.0428. The van der Waals surface area contributed by atoms with Crippen LogP contribution >= 0.6 is 11.6 Å². The van der Waals surface area contributed by atoms with Crippen LogP contribution in [0.1, 0.15) is 35.6 Å². The first kappa shape index (κ1) is 19.2. The van der Waals surface area contributed by atoms with Crippen molar-refractivity contribution < 1.29 is 19.4 Å². The summed E-state index contributed by atoms with van der Waals surface area (Å²) in [6, 6.07) is 13.1. The number of hydrogen-bond donors (Lipinski definition) is 1. The van der Waals surface area contributed by atoms with Crippen LogP contribution in [0.3, 0.4) is 0 Å². The SMILES string of the molecule is O=C(Cc1ccc(O)c(Cl)c1)N1CCC(N2C(=O)OC3Cc4ccccc4C32)CC1. The molecule has 2 fully saturated rings. The van der Waals surface area contributed by atoms with Gasteiger partial charge in [0.25, 0.3) is 0 Å². The van der Waals surface area contributed by atoms with Crippen molar-refractivity contribution in [1.29, 1.82) is 0 Å². The lowest BCUT2D eigenvalue weighted by molar-refractivity contribution is -0.131. The Bertz CT molecular complexity index is 1000. The molecule has 156 valence electrons. The van der Waals surface area contributed by atoms with Gasteiger partial charge >= 0.3 is 6.09 Å². The summed E-state index contributed by atoms with van der Waals surface area (Å²) in [5, 5.41) is 9.79. The lowest BCUT2D eigenvalue weighted by atomic mass is 9.98. The zero-order chi connectivity index (χ0) is 20.8. The number of ether oxygens (including phenoxy) is 1. The standard InChI is InChI=1S/C23H23ClN2O4/c24-18-11-14(5-6-19(18)27)12-21(28)25-9-7-16(8-10-25)26-22-17-4-2-1-3-15(17)13-20(22)30-23(26)29/h1-6,11,16,20,22,27H,7-10,12-13H2. The van der Waals surface area contributed by atoms with Crippen molar-refractivity contribution in [3.05, 3.63) is 64.2 Å². The second-order valence-electron chi connectivity index (χ2n) is 8.25. The first-order valence-electron chi connectivity index (χ1n) is 10.3. The Kier molecular flexibility index (Phi) is 4.82. The van der Waals surface area contributed by atoms with Gasteiger partial charge < -0.3 is 14.7 Å². The molecule has 0 radical (unpaired) electrons. The van der Waals surface area contributed by atoms with Crippen LogP contribution in [-0.2, 0) is 22.4 Å². The Balaban J connectivity index is 1.24. The number of amides is 2. The summed E-state index contributed by atoms with van der Waals surface area (Å²) in [4.78, 5) is 29.1. The van der Waals surface area contributed by atoms with Gasteiger partial charge in [-0.25, -0.2) is 4.79 Å². The van der Waals surface area contributed by atoms with Crippen LogP contribution in [0.5, 0.6) is 5.75 Å². The van der Waals surface area contributed by atoms with E-state index in [4.69, 9.17) is 16.3 Å². The molecule has 7 heteroatoms. The van der Waals surface area contributed by atoms with Crippen LogP contribution in [0.15, 0.2) is 42.5 Å². The van der Waals surface area contributed by atoms with E-state index in [1.54, 1.807) is 12.1 Å². The first-order chi connectivity index (χ1) is 14.5. The van der Waals surface area contributed by atoms with Crippen molar-refractivity contribution in [2.75, 3.05) is 13.1 Å². The number of phenols is 1. The van der Waals surface area contributed by atoms with E-state index in [0.717, 1.165) is 24.8 Å². The molecular formula is C23H23ClN2O4. The third-order valence-electron chi connectivity index (χ3n) is 6.49. The molecule has 1 aliphatic carbocycles. The van der Waals surface area contributed by atoms with Crippen LogP contribution in [0, 0.1) is 0 Å². The lowest BCUT2D eigenvalue weighted by Crippen LogP contribution is -2.48. The number of aromatic hydroxyl groups is 1. The molecular weight excluding hydrogens is 404 g/mol. The third-order valence-corrected chi connectivity index (χ3v) is 6.79. The highest BCUT2D eigenvalue weighted by molar-refractivity contribution is 6.32. The molecule has 0 bridgehead atoms. The average molecular weight is 427 g/mol. The molecule has 2 heterocycles. The van der Waals surface area contributed by atoms with Gasteiger partial charge in [-0.3, -0.25) is 9.69 Å². The molecule has 2 atom stereocenters. The zero-order valence-corrected chi connectivity index (χ0v) is 17.2. The van der Waals surface area contributed by atoms with Crippen molar-refractivity contribution in [2.24, 2.45) is 0 Å². The predicted molar refractivity (Wildman–Crippen MR) is 111 cm³/mol. The zero-order valence-electron chi connectivity index (χ0n) is 16.5. The molecule has 30 heavy (non-hydrogen) atoms. The number of rotatable bonds is 3. The van der Waals surface area contributed by atoms with Gasteiger partial charge in [-0.05, 0) is 41.7 Å². The topological polar surface area (TPSA) is 70.1 Å². The molecule has 2 aromatic rings. The normalized spacial score (nSPS) is 23.3. The van der Waals surface area contributed by atoms with Crippen LogP contribution in [-0.4, -0.2) is 52.1 Å². The van der Waals surface area contributed by atoms with Gasteiger partial charge in [-0.1, -0.05) is 41.9 Å². The van der Waals surface area contributed by atoms with Gasteiger partial charge in [0.05, 0.1) is 17.5 Å². The van der Waals surface area contributed by atoms with Gasteiger partial charge in [0.15, 0.2) is 0 Å². The van der Waals surface area contributed by atoms with Crippen LogP contribution in [0.4, 0.5) is 4.79 Å². The Morgan fingerprint density at radius 2 is 1.93 bits per heavy atom. The molecule has 2 aliphatic heterocycles. The number of benzene rings is 2. The van der Waals surface area contributed by atoms with Crippen molar-refractivity contribution in [1.82, 2.24) is 9.80 Å². The van der Waals surface area contributed by atoms with Gasteiger partial charge in [-0.15, -0.1) is 0 Å². The highest BCUT2D eigenvalue weighted by atomic mass is 35.5. The summed E-state index contributed by atoms with van der Waals surface area (Å²) < 4.78 is 5.68. The number of phenolic OH excluding ortho intramolecular Hbond substituents is 1. The first-order valence-corrected chi connectivity index (χ1v) is 10.7. The molecule has 6 nitrogen and oxygen atoms in total. The van der Waals surface area contributed by atoms with Gasteiger partial charge in [0, 0.05) is 25.6 Å². The smallest absolute Gasteiger partial charge is 0.411 e. The number of hydrogen-bond acceptors (Lipinski definition) is 4. The van der Waals surface area contributed by atoms with E-state index in [-0.39, 0.29) is 47.4 Å². The predicted octanol–water partition coefficient (Wildman–Crippen LogP) is 3.70. The van der Waals surface area contributed by atoms with Crippen LogP contribution in [0.2, 0.25) is 5.02 Å². The number of likely N-dealkylation sites (tertiary alicyclic amines) is 1. The van der Waals surface area contributed by atoms with E-state index in [0.29, 0.717) is 13.1 Å². The van der Waals surface area contributed by atoms with E-state index < -0.39 is 0 Å². The molecule has 5 rings (SSSR count). The fourth-order valence-corrected chi connectivity index (χ4v) is 5.20. The monoisotopic (exact) mass is 426 g/mol. The minimum Gasteiger partial charge on any atom is -0.506 e. The summed E-state index contributed by atoms with van der Waals surface area (Å²) in [7, 11) is 0. The minimum atomic E-state index is -0.233. The van der Waals surface area contributed by atoms with E-state index in [1.807, 2.05) is 21.9 Å². The van der Waals surface area contributed by atoms with Gasteiger partial charge in [0.2, 0.25) is 5.91 Å². The molecule has 2 saturated heterocycles. The van der Waals surface area contributed by atoms with Crippen molar-refractivity contribution >= 4 is 23.6 Å². The summed E-state index contributed by atoms with van der Waals surface area (Å²) in [6.45, 7) is 1.22. The van der Waals surface area contributed by atoms with Gasteiger partial charge in [-0.2, -0.15) is 0 Å². The average Bonchev–Trinajstić information content (AvgIpc) is 3.25. The highest BCUT2D eigenvalue weighted by Gasteiger charge is 2.50. The Morgan fingerprint density at radius 1 is 1.17 bits per heavy atom. The van der Waals surface area contributed by atoms with Crippen molar-refractivity contribution in [3.8, 4) is 5.75 Å². The fraction of sp³-hybridized carbons (Fsp3) is 0.391. The maximum atomic E-state index is 12.7. The Labute approximate surface area is 180 Å². The number of carbonyl (C=O) groups is 2. The number of fused-ring (bicyclic) bond motifs is 3. The summed E-state index contributed by atoms with van der Waals surface area (Å²) >= 11 is 5.94. The number of piperidine rings is 1. The molecule has 2 aromatic carbocycles. The molecule has 2 amide bonds. The van der Waals surface area contributed by atoms with E-state index in [1.165, 1.54) is 17.2 Å². The summed E-state index contributed by atoms with van der Waals surface area (Å²) in [6.07, 6.45) is 2.16. The second-order valence-corrected chi connectivity index (χ2v) is 8.66. The second kappa shape index (κ2) is 7.51. The largest absolute Gasteiger partial charge is 0.506 e. The molecule has 3 aliphatic rings. The number of halogens is 1. The van der Waals surface area contributed by atoms with Crippen molar-refractivity contribution in [2.45, 2.75) is 43.9 Å². The quantitative estimate of drug-likeness (QED) is 0.812. The molecule has 2 unspecified atom stereocenters. The van der Waals surface area contributed by atoms with Crippen molar-refractivity contribution in [3.63, 3.8) is 0 Å². The van der Waals surface area contributed by atoms with Gasteiger partial charge in [0.1, 0.15) is 11.9 Å². The maximum Gasteiger partial charge on any atom is 0.411 e. The van der Waals surface area contributed by atoms with Crippen LogP contribution < -0.4 is 0 Å². The van der Waals surface area contributed by atoms with E-state index in [9.17, 15) is 14.7 Å². The van der Waals surface area contributed by atoms with Crippen LogP contribution in [0.25, 0.3) is 0 Å². The molecule has 0 aromatic heterocycles. The maximum absolute atomic E-state index is 12.7. The molecule has 1 N–H and O–H groups in total. The minimum absolute atomic E-state index is 0.0120. The lowest BCUT2D eigenvalue weighted by Gasteiger charge is -2.38.